The highest BCUT2D eigenvalue weighted by atomic mass is 35.5. The first-order valence-corrected chi connectivity index (χ1v) is 3.59. The largest absolute Gasteiger partial charge is 0.506 e. The number of ketones is 1. The van der Waals surface area contributed by atoms with Crippen LogP contribution in [0.3, 0.4) is 0 Å². The summed E-state index contributed by atoms with van der Waals surface area (Å²) in [6.07, 6.45) is 0. The standard InChI is InChI=1S/C8H6ClFO2/c1-4(11)7-5(10)2-3-6(12)8(7)9/h2-3,12H,1H3. The van der Waals surface area contributed by atoms with Crippen LogP contribution in [-0.2, 0) is 0 Å². The quantitative estimate of drug-likeness (QED) is 0.687. The molecule has 0 unspecified atom stereocenters. The first-order valence-electron chi connectivity index (χ1n) is 3.22. The minimum absolute atomic E-state index is 0.234. The summed E-state index contributed by atoms with van der Waals surface area (Å²) >= 11 is 5.48. The summed E-state index contributed by atoms with van der Waals surface area (Å²) in [4.78, 5) is 10.8. The Balaban J connectivity index is 3.43. The van der Waals surface area contributed by atoms with Gasteiger partial charge in [-0.2, -0.15) is 0 Å². The Morgan fingerprint density at radius 3 is 2.58 bits per heavy atom. The topological polar surface area (TPSA) is 37.3 Å². The van der Waals surface area contributed by atoms with E-state index in [4.69, 9.17) is 16.7 Å². The molecule has 0 aliphatic rings. The molecule has 1 aromatic carbocycles. The molecule has 0 bridgehead atoms. The van der Waals surface area contributed by atoms with Crippen LogP contribution in [0.25, 0.3) is 0 Å². The lowest BCUT2D eigenvalue weighted by Crippen LogP contribution is -1.97. The predicted octanol–water partition coefficient (Wildman–Crippen LogP) is 2.39. The predicted molar refractivity (Wildman–Crippen MR) is 43.1 cm³/mol. The zero-order valence-corrected chi connectivity index (χ0v) is 7.02. The first kappa shape index (κ1) is 9.00. The highest BCUT2D eigenvalue weighted by Gasteiger charge is 2.14. The van der Waals surface area contributed by atoms with E-state index in [2.05, 4.69) is 0 Å². The minimum atomic E-state index is -0.717. The van der Waals surface area contributed by atoms with Gasteiger partial charge in [0.25, 0.3) is 0 Å². The normalized spacial score (nSPS) is 9.92. The van der Waals surface area contributed by atoms with Crippen LogP contribution in [0, 0.1) is 5.82 Å². The van der Waals surface area contributed by atoms with Crippen molar-refractivity contribution in [3.05, 3.63) is 28.5 Å². The average molecular weight is 189 g/mol. The smallest absolute Gasteiger partial charge is 0.164 e. The van der Waals surface area contributed by atoms with E-state index >= 15 is 0 Å². The lowest BCUT2D eigenvalue weighted by Gasteiger charge is -2.02. The molecular weight excluding hydrogens is 183 g/mol. The van der Waals surface area contributed by atoms with Crippen molar-refractivity contribution in [1.29, 1.82) is 0 Å². The molecule has 0 radical (unpaired) electrons. The molecule has 0 aliphatic carbocycles. The van der Waals surface area contributed by atoms with E-state index in [0.29, 0.717) is 0 Å². The van der Waals surface area contributed by atoms with Crippen molar-refractivity contribution >= 4 is 17.4 Å². The van der Waals surface area contributed by atoms with Crippen LogP contribution in [0.15, 0.2) is 12.1 Å². The second-order valence-electron chi connectivity index (χ2n) is 2.31. The van der Waals surface area contributed by atoms with Crippen LogP contribution < -0.4 is 0 Å². The van der Waals surface area contributed by atoms with Gasteiger partial charge in [-0.05, 0) is 19.1 Å². The number of hydrogen-bond donors (Lipinski definition) is 1. The van der Waals surface area contributed by atoms with E-state index in [1.54, 1.807) is 0 Å². The van der Waals surface area contributed by atoms with Crippen molar-refractivity contribution in [1.82, 2.24) is 0 Å². The Labute approximate surface area is 73.6 Å². The summed E-state index contributed by atoms with van der Waals surface area (Å²) in [6.45, 7) is 1.18. The Morgan fingerprint density at radius 2 is 2.17 bits per heavy atom. The molecule has 1 N–H and O–H groups in total. The van der Waals surface area contributed by atoms with Crippen molar-refractivity contribution in [2.75, 3.05) is 0 Å². The summed E-state index contributed by atoms with van der Waals surface area (Å²) in [5.41, 5.74) is -0.267. The summed E-state index contributed by atoms with van der Waals surface area (Å²) in [6, 6.07) is 2.10. The zero-order valence-electron chi connectivity index (χ0n) is 6.27. The molecular formula is C8H6ClFO2. The van der Waals surface area contributed by atoms with Crippen molar-refractivity contribution in [2.24, 2.45) is 0 Å². The number of Topliss-reactive ketones (excluding diaryl/α,β-unsaturated/α-hetero) is 1. The lowest BCUT2D eigenvalue weighted by molar-refractivity contribution is 0.101. The maximum absolute atomic E-state index is 12.9. The van der Waals surface area contributed by atoms with Gasteiger partial charge in [0.2, 0.25) is 0 Å². The molecule has 64 valence electrons. The van der Waals surface area contributed by atoms with Crippen LogP contribution in [0.5, 0.6) is 5.75 Å². The van der Waals surface area contributed by atoms with E-state index < -0.39 is 11.6 Å². The van der Waals surface area contributed by atoms with Gasteiger partial charge in [0.05, 0.1) is 10.6 Å². The van der Waals surface area contributed by atoms with Crippen LogP contribution in [-0.4, -0.2) is 10.9 Å². The molecule has 0 saturated carbocycles. The fourth-order valence-corrected chi connectivity index (χ4v) is 1.15. The van der Waals surface area contributed by atoms with E-state index in [0.717, 1.165) is 12.1 Å². The molecule has 0 spiro atoms. The van der Waals surface area contributed by atoms with Crippen molar-refractivity contribution in [3.63, 3.8) is 0 Å². The van der Waals surface area contributed by atoms with Gasteiger partial charge in [0.1, 0.15) is 11.6 Å². The molecule has 2 nitrogen and oxygen atoms in total. The monoisotopic (exact) mass is 188 g/mol. The Kier molecular flexibility index (Phi) is 2.33. The molecule has 1 aromatic rings. The van der Waals surface area contributed by atoms with Crippen LogP contribution in [0.4, 0.5) is 4.39 Å². The number of phenolic OH excluding ortho intramolecular Hbond substituents is 1. The molecule has 0 heterocycles. The van der Waals surface area contributed by atoms with E-state index in [9.17, 15) is 9.18 Å². The van der Waals surface area contributed by atoms with Crippen molar-refractivity contribution < 1.29 is 14.3 Å². The van der Waals surface area contributed by atoms with Crippen molar-refractivity contribution in [3.8, 4) is 5.75 Å². The number of carbonyl (C=O) groups excluding carboxylic acids is 1. The van der Waals surface area contributed by atoms with Crippen LogP contribution in [0.2, 0.25) is 5.02 Å². The minimum Gasteiger partial charge on any atom is -0.506 e. The number of rotatable bonds is 1. The molecule has 0 saturated heterocycles. The summed E-state index contributed by atoms with van der Waals surface area (Å²) in [7, 11) is 0. The third kappa shape index (κ3) is 1.41. The molecule has 0 amide bonds. The highest BCUT2D eigenvalue weighted by Crippen LogP contribution is 2.28. The Morgan fingerprint density at radius 1 is 1.58 bits per heavy atom. The van der Waals surface area contributed by atoms with E-state index in [-0.39, 0.29) is 16.3 Å². The molecule has 0 atom stereocenters. The fourth-order valence-electron chi connectivity index (χ4n) is 0.864. The van der Waals surface area contributed by atoms with Gasteiger partial charge in [-0.15, -0.1) is 0 Å². The molecule has 1 rings (SSSR count). The molecule has 4 heteroatoms. The second-order valence-corrected chi connectivity index (χ2v) is 2.69. The van der Waals surface area contributed by atoms with E-state index in [1.807, 2.05) is 0 Å². The summed E-state index contributed by atoms with van der Waals surface area (Å²) < 4.78 is 12.9. The molecule has 0 fully saturated rings. The van der Waals surface area contributed by atoms with Crippen molar-refractivity contribution in [2.45, 2.75) is 6.92 Å². The lowest BCUT2D eigenvalue weighted by atomic mass is 10.1. The summed E-state index contributed by atoms with van der Waals surface area (Å²) in [5.74, 6) is -1.51. The van der Waals surface area contributed by atoms with Gasteiger partial charge in [0.15, 0.2) is 5.78 Å². The first-order chi connectivity index (χ1) is 5.54. The molecule has 12 heavy (non-hydrogen) atoms. The average Bonchev–Trinajstić information content (AvgIpc) is 1.97. The Hall–Kier alpha value is -1.09. The Bertz CT molecular complexity index is 336. The van der Waals surface area contributed by atoms with Crippen LogP contribution in [0.1, 0.15) is 17.3 Å². The maximum atomic E-state index is 12.9. The third-order valence-corrected chi connectivity index (χ3v) is 1.81. The number of halogens is 2. The zero-order chi connectivity index (χ0) is 9.30. The number of carbonyl (C=O) groups is 1. The van der Waals surface area contributed by atoms with Crippen LogP contribution >= 0.6 is 11.6 Å². The number of phenols is 1. The molecule has 0 aromatic heterocycles. The molecule has 0 aliphatic heterocycles. The number of aromatic hydroxyl groups is 1. The number of hydrogen-bond acceptors (Lipinski definition) is 2. The third-order valence-electron chi connectivity index (χ3n) is 1.42. The highest BCUT2D eigenvalue weighted by molar-refractivity contribution is 6.35. The van der Waals surface area contributed by atoms with Gasteiger partial charge in [-0.3, -0.25) is 4.79 Å². The van der Waals surface area contributed by atoms with Gasteiger partial charge in [-0.25, -0.2) is 4.39 Å². The van der Waals surface area contributed by atoms with Gasteiger partial charge >= 0.3 is 0 Å². The van der Waals surface area contributed by atoms with E-state index in [1.165, 1.54) is 6.92 Å². The summed E-state index contributed by atoms with van der Waals surface area (Å²) in [5, 5.41) is 8.79. The maximum Gasteiger partial charge on any atom is 0.164 e. The van der Waals surface area contributed by atoms with Gasteiger partial charge < -0.3 is 5.11 Å². The number of benzene rings is 1. The fraction of sp³-hybridized carbons (Fsp3) is 0.125. The van der Waals surface area contributed by atoms with Gasteiger partial charge in [0, 0.05) is 0 Å². The SMILES string of the molecule is CC(=O)c1c(F)ccc(O)c1Cl. The van der Waals surface area contributed by atoms with Gasteiger partial charge in [-0.1, -0.05) is 11.6 Å². The second kappa shape index (κ2) is 3.11.